The number of aromatic nitrogens is 1. The Kier molecular flexibility index (Phi) is 7.09. The van der Waals surface area contributed by atoms with E-state index in [0.29, 0.717) is 31.1 Å². The third-order valence-corrected chi connectivity index (χ3v) is 3.19. The van der Waals surface area contributed by atoms with Crippen LogP contribution in [-0.2, 0) is 4.74 Å². The van der Waals surface area contributed by atoms with Crippen molar-refractivity contribution in [3.8, 4) is 5.75 Å². The number of nitrogens with zero attached hydrogens (tertiary/aromatic N) is 1. The number of anilines is 1. The van der Waals surface area contributed by atoms with Crippen LogP contribution in [0.2, 0.25) is 0 Å². The summed E-state index contributed by atoms with van der Waals surface area (Å²) in [4.78, 5) is 15.9. The van der Waals surface area contributed by atoms with Crippen molar-refractivity contribution in [2.24, 2.45) is 0 Å². The number of rotatable bonds is 9. The Morgan fingerprint density at radius 2 is 1.96 bits per heavy atom. The van der Waals surface area contributed by atoms with E-state index < -0.39 is 11.6 Å². The summed E-state index contributed by atoms with van der Waals surface area (Å²) in [5.74, 6) is -1.27. The standard InChI is InChI=1S/C17H19F2N3O3/c1-24-8-6-21-17(23)12-2-5-16(22-11-12)20-7-9-25-13-3-4-14(18)15(19)10-13/h2-5,10-11H,6-9H2,1H3,(H,20,22)(H,21,23). The number of halogens is 2. The summed E-state index contributed by atoms with van der Waals surface area (Å²) < 4.78 is 36.0. The smallest absolute Gasteiger partial charge is 0.252 e. The number of amides is 1. The number of nitrogens with one attached hydrogen (secondary N) is 2. The Balaban J connectivity index is 1.74. The summed E-state index contributed by atoms with van der Waals surface area (Å²) in [7, 11) is 1.56. The van der Waals surface area contributed by atoms with Crippen LogP contribution < -0.4 is 15.4 Å². The third-order valence-electron chi connectivity index (χ3n) is 3.19. The van der Waals surface area contributed by atoms with Crippen LogP contribution in [0.1, 0.15) is 10.4 Å². The van der Waals surface area contributed by atoms with Crippen molar-refractivity contribution in [2.75, 3.05) is 38.7 Å². The molecule has 0 spiro atoms. The zero-order valence-electron chi connectivity index (χ0n) is 13.7. The number of pyridine rings is 1. The maximum Gasteiger partial charge on any atom is 0.252 e. The molecule has 1 heterocycles. The summed E-state index contributed by atoms with van der Waals surface area (Å²) >= 11 is 0. The molecule has 0 radical (unpaired) electrons. The SMILES string of the molecule is COCCNC(=O)c1ccc(NCCOc2ccc(F)c(F)c2)nc1. The average molecular weight is 351 g/mol. The van der Waals surface area contributed by atoms with Crippen LogP contribution in [-0.4, -0.2) is 44.3 Å². The zero-order chi connectivity index (χ0) is 18.1. The molecule has 0 aliphatic carbocycles. The van der Waals surface area contributed by atoms with Gasteiger partial charge in [-0.1, -0.05) is 0 Å². The second-order valence-corrected chi connectivity index (χ2v) is 5.03. The van der Waals surface area contributed by atoms with Crippen LogP contribution in [0.3, 0.4) is 0 Å². The van der Waals surface area contributed by atoms with Crippen molar-refractivity contribution in [3.05, 3.63) is 53.7 Å². The molecule has 134 valence electrons. The molecule has 25 heavy (non-hydrogen) atoms. The van der Waals surface area contributed by atoms with E-state index in [1.807, 2.05) is 0 Å². The van der Waals surface area contributed by atoms with E-state index in [9.17, 15) is 13.6 Å². The van der Waals surface area contributed by atoms with E-state index in [0.717, 1.165) is 12.1 Å². The molecule has 1 aromatic heterocycles. The molecular weight excluding hydrogens is 332 g/mol. The van der Waals surface area contributed by atoms with Gasteiger partial charge in [-0.3, -0.25) is 4.79 Å². The number of methoxy groups -OCH3 is 1. The van der Waals surface area contributed by atoms with Crippen molar-refractivity contribution in [1.29, 1.82) is 0 Å². The van der Waals surface area contributed by atoms with Gasteiger partial charge in [0.2, 0.25) is 0 Å². The number of ether oxygens (including phenoxy) is 2. The molecule has 0 aliphatic rings. The summed E-state index contributed by atoms with van der Waals surface area (Å²) in [5, 5.41) is 5.70. The molecule has 2 aromatic rings. The van der Waals surface area contributed by atoms with Gasteiger partial charge in [0.15, 0.2) is 11.6 Å². The van der Waals surface area contributed by atoms with Gasteiger partial charge in [-0.25, -0.2) is 13.8 Å². The monoisotopic (exact) mass is 351 g/mol. The number of carbonyl (C=O) groups is 1. The van der Waals surface area contributed by atoms with Crippen molar-refractivity contribution in [2.45, 2.75) is 0 Å². The van der Waals surface area contributed by atoms with Crippen LogP contribution in [0.4, 0.5) is 14.6 Å². The molecule has 0 saturated heterocycles. The fourth-order valence-corrected chi connectivity index (χ4v) is 1.92. The molecule has 0 aliphatic heterocycles. The maximum atomic E-state index is 13.0. The van der Waals surface area contributed by atoms with E-state index in [1.54, 1.807) is 19.2 Å². The molecule has 2 N–H and O–H groups in total. The van der Waals surface area contributed by atoms with Gasteiger partial charge in [-0.2, -0.15) is 0 Å². The minimum Gasteiger partial charge on any atom is -0.492 e. The van der Waals surface area contributed by atoms with E-state index in [1.165, 1.54) is 12.3 Å². The Morgan fingerprint density at radius 3 is 2.64 bits per heavy atom. The van der Waals surface area contributed by atoms with E-state index in [4.69, 9.17) is 9.47 Å². The lowest BCUT2D eigenvalue weighted by molar-refractivity contribution is 0.0937. The first-order valence-electron chi connectivity index (χ1n) is 7.65. The molecule has 0 unspecified atom stereocenters. The predicted molar refractivity (Wildman–Crippen MR) is 88.8 cm³/mol. The van der Waals surface area contributed by atoms with Gasteiger partial charge in [-0.15, -0.1) is 0 Å². The quantitative estimate of drug-likeness (QED) is 0.678. The Labute approximate surface area is 144 Å². The highest BCUT2D eigenvalue weighted by Crippen LogP contribution is 2.15. The molecule has 1 aromatic carbocycles. The fraction of sp³-hybridized carbons (Fsp3) is 0.294. The Morgan fingerprint density at radius 1 is 1.12 bits per heavy atom. The number of hydrogen-bond acceptors (Lipinski definition) is 5. The van der Waals surface area contributed by atoms with Crippen LogP contribution >= 0.6 is 0 Å². The van der Waals surface area contributed by atoms with Gasteiger partial charge < -0.3 is 20.1 Å². The lowest BCUT2D eigenvalue weighted by Gasteiger charge is -2.09. The van der Waals surface area contributed by atoms with Crippen molar-refractivity contribution < 1.29 is 23.0 Å². The highest BCUT2D eigenvalue weighted by molar-refractivity contribution is 5.94. The Hall–Kier alpha value is -2.74. The molecule has 0 bridgehead atoms. The summed E-state index contributed by atoms with van der Waals surface area (Å²) in [5.41, 5.74) is 0.444. The molecular formula is C17H19F2N3O3. The topological polar surface area (TPSA) is 72.5 Å². The summed E-state index contributed by atoms with van der Waals surface area (Å²) in [6.07, 6.45) is 1.46. The second kappa shape index (κ2) is 9.53. The third kappa shape index (κ3) is 6.00. The van der Waals surface area contributed by atoms with E-state index in [-0.39, 0.29) is 18.3 Å². The molecule has 0 fully saturated rings. The zero-order valence-corrected chi connectivity index (χ0v) is 13.7. The molecule has 0 saturated carbocycles. The van der Waals surface area contributed by atoms with Gasteiger partial charge in [0.25, 0.3) is 5.91 Å². The van der Waals surface area contributed by atoms with Gasteiger partial charge >= 0.3 is 0 Å². The van der Waals surface area contributed by atoms with Gasteiger partial charge in [0, 0.05) is 25.9 Å². The van der Waals surface area contributed by atoms with Crippen LogP contribution in [0.5, 0.6) is 5.75 Å². The minimum absolute atomic E-state index is 0.224. The lowest BCUT2D eigenvalue weighted by atomic mass is 10.2. The molecule has 1 amide bonds. The normalized spacial score (nSPS) is 10.4. The Bertz CT molecular complexity index is 696. The van der Waals surface area contributed by atoms with E-state index >= 15 is 0 Å². The predicted octanol–water partition coefficient (Wildman–Crippen LogP) is 2.23. The lowest BCUT2D eigenvalue weighted by Crippen LogP contribution is -2.27. The van der Waals surface area contributed by atoms with Crippen molar-refractivity contribution >= 4 is 11.7 Å². The van der Waals surface area contributed by atoms with Crippen LogP contribution in [0.15, 0.2) is 36.5 Å². The van der Waals surface area contributed by atoms with E-state index in [2.05, 4.69) is 15.6 Å². The minimum atomic E-state index is -0.952. The molecule has 2 rings (SSSR count). The molecule has 6 nitrogen and oxygen atoms in total. The highest BCUT2D eigenvalue weighted by Gasteiger charge is 2.06. The summed E-state index contributed by atoms with van der Waals surface area (Å²) in [6.45, 7) is 1.52. The van der Waals surface area contributed by atoms with Crippen molar-refractivity contribution in [3.63, 3.8) is 0 Å². The second-order valence-electron chi connectivity index (χ2n) is 5.03. The maximum absolute atomic E-state index is 13.0. The highest BCUT2D eigenvalue weighted by atomic mass is 19.2. The number of carbonyl (C=O) groups excluding carboxylic acids is 1. The number of benzene rings is 1. The largest absolute Gasteiger partial charge is 0.492 e. The van der Waals surface area contributed by atoms with Gasteiger partial charge in [0.05, 0.1) is 18.7 Å². The molecule has 0 atom stereocenters. The van der Waals surface area contributed by atoms with Gasteiger partial charge in [0.1, 0.15) is 18.2 Å². The first kappa shape index (κ1) is 18.6. The van der Waals surface area contributed by atoms with Crippen LogP contribution in [0.25, 0.3) is 0 Å². The van der Waals surface area contributed by atoms with Gasteiger partial charge in [-0.05, 0) is 24.3 Å². The number of hydrogen-bond donors (Lipinski definition) is 2. The molecule has 8 heteroatoms. The average Bonchev–Trinajstić information content (AvgIpc) is 2.62. The first-order chi connectivity index (χ1) is 12.1. The fourth-order valence-electron chi connectivity index (χ4n) is 1.92. The summed E-state index contributed by atoms with van der Waals surface area (Å²) in [6, 6.07) is 6.67. The first-order valence-corrected chi connectivity index (χ1v) is 7.65. The van der Waals surface area contributed by atoms with Crippen LogP contribution in [0, 0.1) is 11.6 Å². The van der Waals surface area contributed by atoms with Crippen molar-refractivity contribution in [1.82, 2.24) is 10.3 Å².